The molecular formula is C14H18N2O8. The molecule has 2 rings (SSSR count). The lowest BCUT2D eigenvalue weighted by Crippen LogP contribution is -2.37. The molecule has 4 atom stereocenters. The topological polar surface area (TPSA) is 148 Å². The van der Waals surface area contributed by atoms with Crippen LogP contribution in [0, 0.1) is 0 Å². The van der Waals surface area contributed by atoms with Crippen LogP contribution >= 0.6 is 0 Å². The number of aromatic nitrogens is 2. The van der Waals surface area contributed by atoms with Gasteiger partial charge in [-0.1, -0.05) is 0 Å². The van der Waals surface area contributed by atoms with Crippen molar-refractivity contribution in [3.05, 3.63) is 33.1 Å². The summed E-state index contributed by atoms with van der Waals surface area (Å²) < 4.78 is 11.2. The molecule has 132 valence electrons. The number of nitrogens with zero attached hydrogens (tertiary/aromatic N) is 1. The van der Waals surface area contributed by atoms with Gasteiger partial charge in [0.1, 0.15) is 30.7 Å². The molecule has 1 aliphatic rings. The minimum Gasteiger partial charge on any atom is -0.463 e. The first-order valence-corrected chi connectivity index (χ1v) is 7.27. The highest BCUT2D eigenvalue weighted by molar-refractivity contribution is 5.80. The molecule has 2 heterocycles. The van der Waals surface area contributed by atoms with Crippen molar-refractivity contribution in [1.29, 1.82) is 0 Å². The molecule has 0 unspecified atom stereocenters. The van der Waals surface area contributed by atoms with Gasteiger partial charge in [-0.3, -0.25) is 19.1 Å². The third-order valence-corrected chi connectivity index (χ3v) is 3.55. The zero-order valence-electron chi connectivity index (χ0n) is 12.9. The number of hydrogen-bond donors (Lipinski definition) is 3. The standard InChI is InChI=1S/C14H18N2O8/c1-7(17)2-3-10(19)23-6-8-11(20)12(21)13(24-8)16-5-4-9(18)15-14(16)22/h4-5,8,11-13,20-21H,2-3,6H2,1H3,(H,15,18,22)/t8-,11-,12-,13-/m0/s1. The Labute approximate surface area is 135 Å². The predicted molar refractivity (Wildman–Crippen MR) is 78.1 cm³/mol. The minimum atomic E-state index is -1.45. The molecule has 1 aliphatic heterocycles. The lowest BCUT2D eigenvalue weighted by molar-refractivity contribution is -0.151. The van der Waals surface area contributed by atoms with E-state index < -0.39 is 41.8 Å². The second-order valence-electron chi connectivity index (χ2n) is 5.45. The zero-order valence-corrected chi connectivity index (χ0v) is 12.9. The summed E-state index contributed by atoms with van der Waals surface area (Å²) >= 11 is 0. The van der Waals surface area contributed by atoms with Gasteiger partial charge in [0.25, 0.3) is 5.56 Å². The quantitative estimate of drug-likeness (QED) is 0.506. The van der Waals surface area contributed by atoms with Crippen LogP contribution in [0.25, 0.3) is 0 Å². The van der Waals surface area contributed by atoms with Gasteiger partial charge < -0.3 is 24.5 Å². The van der Waals surface area contributed by atoms with Crippen molar-refractivity contribution < 1.29 is 29.3 Å². The van der Waals surface area contributed by atoms with Gasteiger partial charge in [-0.15, -0.1) is 0 Å². The second kappa shape index (κ2) is 7.51. The number of esters is 1. The van der Waals surface area contributed by atoms with E-state index >= 15 is 0 Å². The van der Waals surface area contributed by atoms with E-state index in [-0.39, 0.29) is 25.2 Å². The molecule has 1 aromatic rings. The summed E-state index contributed by atoms with van der Waals surface area (Å²) in [5, 5.41) is 20.0. The molecule has 1 fully saturated rings. The van der Waals surface area contributed by atoms with Gasteiger partial charge in [-0.2, -0.15) is 0 Å². The summed E-state index contributed by atoms with van der Waals surface area (Å²) in [6, 6.07) is 1.07. The second-order valence-corrected chi connectivity index (χ2v) is 5.45. The number of nitrogens with one attached hydrogen (secondary N) is 1. The molecule has 3 N–H and O–H groups in total. The summed E-state index contributed by atoms with van der Waals surface area (Å²) in [5.74, 6) is -0.794. The Morgan fingerprint density at radius 1 is 1.29 bits per heavy atom. The van der Waals surface area contributed by atoms with Crippen LogP contribution in [0.3, 0.4) is 0 Å². The lowest BCUT2D eigenvalue weighted by atomic mass is 10.1. The van der Waals surface area contributed by atoms with Gasteiger partial charge >= 0.3 is 11.7 Å². The molecule has 0 saturated carbocycles. The highest BCUT2D eigenvalue weighted by Crippen LogP contribution is 2.28. The van der Waals surface area contributed by atoms with E-state index in [1.54, 1.807) is 0 Å². The zero-order chi connectivity index (χ0) is 17.9. The fourth-order valence-electron chi connectivity index (χ4n) is 2.25. The van der Waals surface area contributed by atoms with Crippen molar-refractivity contribution in [2.75, 3.05) is 6.61 Å². The summed E-state index contributed by atoms with van der Waals surface area (Å²) in [4.78, 5) is 47.0. The van der Waals surface area contributed by atoms with Crippen LogP contribution in [0.1, 0.15) is 26.0 Å². The lowest BCUT2D eigenvalue weighted by Gasteiger charge is -2.16. The van der Waals surface area contributed by atoms with E-state index in [2.05, 4.69) is 0 Å². The average molecular weight is 342 g/mol. The van der Waals surface area contributed by atoms with E-state index in [1.807, 2.05) is 4.98 Å². The van der Waals surface area contributed by atoms with Gasteiger partial charge in [0.05, 0.1) is 6.42 Å². The van der Waals surface area contributed by atoms with E-state index in [9.17, 15) is 29.4 Å². The normalized spacial score (nSPS) is 26.3. The maximum Gasteiger partial charge on any atom is 0.330 e. The third-order valence-electron chi connectivity index (χ3n) is 3.55. The van der Waals surface area contributed by atoms with Gasteiger partial charge in [0, 0.05) is 18.7 Å². The third kappa shape index (κ3) is 4.16. The fraction of sp³-hybridized carbons (Fsp3) is 0.571. The molecule has 0 bridgehead atoms. The van der Waals surface area contributed by atoms with Gasteiger partial charge in [0.2, 0.25) is 0 Å². The van der Waals surface area contributed by atoms with E-state index in [1.165, 1.54) is 6.92 Å². The number of carbonyl (C=O) groups is 2. The maximum absolute atomic E-state index is 11.7. The molecule has 0 aromatic carbocycles. The van der Waals surface area contributed by atoms with Crippen LogP contribution in [0.5, 0.6) is 0 Å². The molecule has 0 amide bonds. The Balaban J connectivity index is 1.99. The van der Waals surface area contributed by atoms with Crippen LogP contribution in [0.2, 0.25) is 0 Å². The van der Waals surface area contributed by atoms with E-state index in [0.717, 1.165) is 16.8 Å². The Morgan fingerprint density at radius 3 is 2.62 bits per heavy atom. The monoisotopic (exact) mass is 342 g/mol. The number of aromatic amines is 1. The molecule has 10 heteroatoms. The molecule has 0 radical (unpaired) electrons. The van der Waals surface area contributed by atoms with Gasteiger partial charge in [0.15, 0.2) is 6.23 Å². The van der Waals surface area contributed by atoms with Crippen molar-refractivity contribution in [1.82, 2.24) is 9.55 Å². The first-order chi connectivity index (χ1) is 11.3. The van der Waals surface area contributed by atoms with Crippen molar-refractivity contribution in [2.24, 2.45) is 0 Å². The van der Waals surface area contributed by atoms with Crippen LogP contribution in [0.15, 0.2) is 21.9 Å². The average Bonchev–Trinajstić information content (AvgIpc) is 2.79. The van der Waals surface area contributed by atoms with Crippen molar-refractivity contribution in [3.8, 4) is 0 Å². The highest BCUT2D eigenvalue weighted by atomic mass is 16.6. The molecule has 1 saturated heterocycles. The minimum absolute atomic E-state index is 0.0466. The number of carbonyl (C=O) groups excluding carboxylic acids is 2. The van der Waals surface area contributed by atoms with Crippen LogP contribution in [-0.2, 0) is 19.1 Å². The Morgan fingerprint density at radius 2 is 2.00 bits per heavy atom. The Hall–Kier alpha value is -2.30. The van der Waals surface area contributed by atoms with Crippen molar-refractivity contribution in [2.45, 2.75) is 44.3 Å². The first-order valence-electron chi connectivity index (χ1n) is 7.27. The van der Waals surface area contributed by atoms with Gasteiger partial charge in [-0.25, -0.2) is 4.79 Å². The number of aliphatic hydroxyl groups excluding tert-OH is 2. The molecule has 0 spiro atoms. The SMILES string of the molecule is CC(=O)CCC(=O)OC[C@@H]1O[C@H](n2ccc(=O)[nH]c2=O)[C@@H](O)[C@H]1O. The smallest absolute Gasteiger partial charge is 0.330 e. The van der Waals surface area contributed by atoms with Crippen LogP contribution < -0.4 is 11.2 Å². The number of aliphatic hydroxyl groups is 2. The van der Waals surface area contributed by atoms with E-state index in [0.29, 0.717) is 0 Å². The fourth-order valence-corrected chi connectivity index (χ4v) is 2.25. The first kappa shape index (κ1) is 18.0. The summed E-state index contributed by atoms with van der Waals surface area (Å²) in [6.07, 6.45) is -4.04. The maximum atomic E-state index is 11.7. The number of H-pyrrole nitrogens is 1. The number of ether oxygens (including phenoxy) is 2. The van der Waals surface area contributed by atoms with Gasteiger partial charge in [-0.05, 0) is 6.92 Å². The largest absolute Gasteiger partial charge is 0.463 e. The number of rotatable bonds is 6. The summed E-state index contributed by atoms with van der Waals surface area (Å²) in [6.45, 7) is 1.00. The molecule has 24 heavy (non-hydrogen) atoms. The Kier molecular flexibility index (Phi) is 5.65. The summed E-state index contributed by atoms with van der Waals surface area (Å²) in [5.41, 5.74) is -1.42. The molecule has 10 nitrogen and oxygen atoms in total. The van der Waals surface area contributed by atoms with E-state index in [4.69, 9.17) is 9.47 Å². The van der Waals surface area contributed by atoms with Crippen molar-refractivity contribution >= 4 is 11.8 Å². The number of ketones is 1. The molecular weight excluding hydrogens is 324 g/mol. The van der Waals surface area contributed by atoms with Crippen LogP contribution in [0.4, 0.5) is 0 Å². The predicted octanol–water partition coefficient (Wildman–Crippen LogP) is -1.93. The van der Waals surface area contributed by atoms with Crippen LogP contribution in [-0.4, -0.2) is 56.4 Å². The summed E-state index contributed by atoms with van der Waals surface area (Å²) in [7, 11) is 0. The molecule has 0 aliphatic carbocycles. The van der Waals surface area contributed by atoms with Crippen molar-refractivity contribution in [3.63, 3.8) is 0 Å². The molecule has 1 aromatic heterocycles. The Bertz CT molecular complexity index is 724. The highest BCUT2D eigenvalue weighted by Gasteiger charge is 2.44. The number of Topliss-reactive ketones (excluding diaryl/α,β-unsaturated/α-hetero) is 1. The number of hydrogen-bond acceptors (Lipinski definition) is 8.